The van der Waals surface area contributed by atoms with E-state index in [-0.39, 0.29) is 0 Å². The lowest BCUT2D eigenvalue weighted by Gasteiger charge is -2.05. The van der Waals surface area contributed by atoms with Crippen LogP contribution >= 0.6 is 0 Å². The molecule has 18 heavy (non-hydrogen) atoms. The van der Waals surface area contributed by atoms with E-state index in [0.717, 1.165) is 19.5 Å². The lowest BCUT2D eigenvalue weighted by Crippen LogP contribution is -2.04. The lowest BCUT2D eigenvalue weighted by atomic mass is 10.2. The monoisotopic (exact) mass is 241 g/mol. The van der Waals surface area contributed by atoms with E-state index in [1.54, 1.807) is 11.0 Å². The van der Waals surface area contributed by atoms with Crippen molar-refractivity contribution in [1.29, 1.82) is 0 Å². The average molecular weight is 241 g/mol. The molecule has 3 rings (SSSR count). The standard InChI is InChI=1S/C13H15N5/c1-11-3-4-13-12(9-11)5-8-17(13)6-2-7-18-10-14-15-16-18/h3-5,8-10H,2,6-7H2,1H3. The van der Waals surface area contributed by atoms with Crippen LogP contribution in [0, 0.1) is 6.92 Å². The molecule has 2 aromatic heterocycles. The topological polar surface area (TPSA) is 48.5 Å². The molecule has 0 saturated heterocycles. The Morgan fingerprint density at radius 2 is 2.11 bits per heavy atom. The van der Waals surface area contributed by atoms with Crippen LogP contribution in [0.1, 0.15) is 12.0 Å². The highest BCUT2D eigenvalue weighted by atomic mass is 15.5. The number of hydrogen-bond acceptors (Lipinski definition) is 3. The second-order valence-corrected chi connectivity index (χ2v) is 4.50. The molecule has 0 radical (unpaired) electrons. The van der Waals surface area contributed by atoms with Crippen LogP contribution in [0.4, 0.5) is 0 Å². The second-order valence-electron chi connectivity index (χ2n) is 4.50. The number of hydrogen-bond donors (Lipinski definition) is 0. The predicted molar refractivity (Wildman–Crippen MR) is 69.1 cm³/mol. The summed E-state index contributed by atoms with van der Waals surface area (Å²) in [6.45, 7) is 3.94. The number of aryl methyl sites for hydroxylation is 3. The van der Waals surface area contributed by atoms with E-state index in [0.29, 0.717) is 0 Å². The molecule has 5 nitrogen and oxygen atoms in total. The second kappa shape index (κ2) is 4.60. The Balaban J connectivity index is 1.71. The molecule has 0 bridgehead atoms. The van der Waals surface area contributed by atoms with Crippen LogP contribution in [0.15, 0.2) is 36.8 Å². The van der Waals surface area contributed by atoms with Crippen molar-refractivity contribution in [1.82, 2.24) is 24.8 Å². The predicted octanol–water partition coefficient (Wildman–Crippen LogP) is 2.03. The molecule has 0 amide bonds. The zero-order valence-corrected chi connectivity index (χ0v) is 10.3. The first-order valence-electron chi connectivity index (χ1n) is 6.09. The highest BCUT2D eigenvalue weighted by Crippen LogP contribution is 2.17. The first kappa shape index (κ1) is 11.0. The summed E-state index contributed by atoms with van der Waals surface area (Å²) < 4.78 is 4.04. The minimum absolute atomic E-state index is 0.846. The molecule has 0 atom stereocenters. The molecule has 0 aliphatic carbocycles. The molecule has 0 saturated carbocycles. The van der Waals surface area contributed by atoms with Crippen molar-refractivity contribution in [3.63, 3.8) is 0 Å². The summed E-state index contributed by atoms with van der Waals surface area (Å²) in [7, 11) is 0. The normalized spacial score (nSPS) is 11.2. The number of fused-ring (bicyclic) bond motifs is 1. The summed E-state index contributed by atoms with van der Waals surface area (Å²) in [5.41, 5.74) is 2.59. The molecule has 5 heteroatoms. The molecule has 0 N–H and O–H groups in total. The van der Waals surface area contributed by atoms with Gasteiger partial charge in [0, 0.05) is 24.8 Å². The quantitative estimate of drug-likeness (QED) is 0.702. The fourth-order valence-corrected chi connectivity index (χ4v) is 2.20. The lowest BCUT2D eigenvalue weighted by molar-refractivity contribution is 0.520. The van der Waals surface area contributed by atoms with Crippen LogP contribution < -0.4 is 0 Å². The van der Waals surface area contributed by atoms with E-state index in [1.165, 1.54) is 16.5 Å². The first-order chi connectivity index (χ1) is 8.83. The third kappa shape index (κ3) is 2.11. The zero-order chi connectivity index (χ0) is 12.4. The molecule has 0 aliphatic rings. The Labute approximate surface area is 105 Å². The summed E-state index contributed by atoms with van der Waals surface area (Å²) in [5, 5.41) is 12.4. The summed E-state index contributed by atoms with van der Waals surface area (Å²) in [5.74, 6) is 0. The van der Waals surface area contributed by atoms with E-state index in [1.807, 2.05) is 0 Å². The van der Waals surface area contributed by atoms with Gasteiger partial charge in [-0.05, 0) is 47.4 Å². The number of nitrogens with zero attached hydrogens (tertiary/aromatic N) is 5. The van der Waals surface area contributed by atoms with Crippen LogP contribution in [-0.4, -0.2) is 24.8 Å². The Hall–Kier alpha value is -2.17. The van der Waals surface area contributed by atoms with Crippen molar-refractivity contribution in [3.05, 3.63) is 42.4 Å². The smallest absolute Gasteiger partial charge is 0.138 e. The maximum absolute atomic E-state index is 3.86. The minimum atomic E-state index is 0.846. The minimum Gasteiger partial charge on any atom is -0.347 e. The maximum atomic E-state index is 3.86. The van der Waals surface area contributed by atoms with Crippen molar-refractivity contribution in [3.8, 4) is 0 Å². The Morgan fingerprint density at radius 1 is 1.17 bits per heavy atom. The molecule has 92 valence electrons. The number of tetrazole rings is 1. The molecule has 3 aromatic rings. The molecular formula is C13H15N5. The molecule has 0 aliphatic heterocycles. The van der Waals surface area contributed by atoms with E-state index in [4.69, 9.17) is 0 Å². The molecule has 0 spiro atoms. The van der Waals surface area contributed by atoms with Gasteiger partial charge in [-0.15, -0.1) is 5.10 Å². The number of aromatic nitrogens is 5. The van der Waals surface area contributed by atoms with Gasteiger partial charge in [-0.3, -0.25) is 0 Å². The van der Waals surface area contributed by atoms with Gasteiger partial charge in [0.05, 0.1) is 0 Å². The van der Waals surface area contributed by atoms with Crippen molar-refractivity contribution >= 4 is 10.9 Å². The van der Waals surface area contributed by atoms with Crippen LogP contribution in [0.3, 0.4) is 0 Å². The Kier molecular flexibility index (Phi) is 2.80. The van der Waals surface area contributed by atoms with Crippen LogP contribution in [0.25, 0.3) is 10.9 Å². The van der Waals surface area contributed by atoms with Crippen molar-refractivity contribution < 1.29 is 0 Å². The molecular weight excluding hydrogens is 226 g/mol. The van der Waals surface area contributed by atoms with Gasteiger partial charge in [-0.1, -0.05) is 11.6 Å². The van der Waals surface area contributed by atoms with Crippen molar-refractivity contribution in [2.24, 2.45) is 0 Å². The van der Waals surface area contributed by atoms with Crippen LogP contribution in [0.2, 0.25) is 0 Å². The summed E-state index contributed by atoms with van der Waals surface area (Å²) in [6.07, 6.45) is 4.81. The highest BCUT2D eigenvalue weighted by Gasteiger charge is 2.01. The maximum Gasteiger partial charge on any atom is 0.138 e. The SMILES string of the molecule is Cc1ccc2c(ccn2CCCn2cnnn2)c1. The van der Waals surface area contributed by atoms with Crippen molar-refractivity contribution in [2.45, 2.75) is 26.4 Å². The first-order valence-corrected chi connectivity index (χ1v) is 6.09. The van der Waals surface area contributed by atoms with Gasteiger partial charge in [0.15, 0.2) is 0 Å². The van der Waals surface area contributed by atoms with E-state index in [2.05, 4.69) is 57.5 Å². The Bertz CT molecular complexity index is 639. The van der Waals surface area contributed by atoms with Gasteiger partial charge < -0.3 is 4.57 Å². The summed E-state index contributed by atoms with van der Waals surface area (Å²) in [4.78, 5) is 0. The third-order valence-corrected chi connectivity index (χ3v) is 3.10. The fraction of sp³-hybridized carbons (Fsp3) is 0.308. The molecule has 2 heterocycles. The molecule has 0 fully saturated rings. The largest absolute Gasteiger partial charge is 0.347 e. The van der Waals surface area contributed by atoms with Crippen LogP contribution in [0.5, 0.6) is 0 Å². The van der Waals surface area contributed by atoms with E-state index in [9.17, 15) is 0 Å². The van der Waals surface area contributed by atoms with Gasteiger partial charge >= 0.3 is 0 Å². The average Bonchev–Trinajstić information content (AvgIpc) is 2.99. The summed E-state index contributed by atoms with van der Waals surface area (Å²) in [6, 6.07) is 8.72. The Morgan fingerprint density at radius 3 is 2.94 bits per heavy atom. The van der Waals surface area contributed by atoms with Gasteiger partial charge in [0.2, 0.25) is 0 Å². The summed E-state index contributed by atoms with van der Waals surface area (Å²) >= 11 is 0. The van der Waals surface area contributed by atoms with Gasteiger partial charge in [0.1, 0.15) is 6.33 Å². The van der Waals surface area contributed by atoms with E-state index < -0.39 is 0 Å². The van der Waals surface area contributed by atoms with Crippen LogP contribution in [-0.2, 0) is 13.1 Å². The molecule has 1 aromatic carbocycles. The number of benzene rings is 1. The van der Waals surface area contributed by atoms with Gasteiger partial charge in [0.25, 0.3) is 0 Å². The fourth-order valence-electron chi connectivity index (χ4n) is 2.20. The third-order valence-electron chi connectivity index (χ3n) is 3.10. The molecule has 0 unspecified atom stereocenters. The highest BCUT2D eigenvalue weighted by molar-refractivity contribution is 5.80. The number of rotatable bonds is 4. The zero-order valence-electron chi connectivity index (χ0n) is 10.3. The van der Waals surface area contributed by atoms with Gasteiger partial charge in [-0.2, -0.15) is 0 Å². The van der Waals surface area contributed by atoms with Gasteiger partial charge in [-0.25, -0.2) is 4.68 Å². The van der Waals surface area contributed by atoms with E-state index >= 15 is 0 Å². The van der Waals surface area contributed by atoms with Crippen molar-refractivity contribution in [2.75, 3.05) is 0 Å².